The Morgan fingerprint density at radius 3 is 2.50 bits per heavy atom. The van der Waals surface area contributed by atoms with E-state index >= 15 is 0 Å². The van der Waals surface area contributed by atoms with Crippen LogP contribution in [0, 0.1) is 0 Å². The molecule has 0 bridgehead atoms. The zero-order valence-electron chi connectivity index (χ0n) is 12.2. The summed E-state index contributed by atoms with van der Waals surface area (Å²) in [6.07, 6.45) is 2.21. The van der Waals surface area contributed by atoms with E-state index in [-0.39, 0.29) is 0 Å². The molecule has 1 aliphatic rings. The van der Waals surface area contributed by atoms with Crippen molar-refractivity contribution in [3.8, 4) is 0 Å². The highest BCUT2D eigenvalue weighted by Crippen LogP contribution is 2.36. The first-order valence-corrected chi connectivity index (χ1v) is 10.6. The van der Waals surface area contributed by atoms with Crippen LogP contribution in [-0.2, 0) is 6.67 Å². The Kier molecular flexibility index (Phi) is 2.28. The average molecular weight is 279 g/mol. The van der Waals surface area contributed by atoms with Gasteiger partial charge >= 0.3 is 0 Å². The Labute approximate surface area is 120 Å². The number of pyridine rings is 1. The number of benzene rings is 2. The molecule has 0 N–H and O–H groups in total. The highest BCUT2D eigenvalue weighted by Gasteiger charge is 2.33. The molecule has 100 valence electrons. The van der Waals surface area contributed by atoms with Crippen LogP contribution < -0.4 is 9.13 Å². The Morgan fingerprint density at radius 2 is 1.70 bits per heavy atom. The van der Waals surface area contributed by atoms with Crippen LogP contribution in [0.4, 0.5) is 5.69 Å². The van der Waals surface area contributed by atoms with Crippen molar-refractivity contribution in [1.82, 2.24) is 0 Å². The van der Waals surface area contributed by atoms with Gasteiger partial charge in [0.2, 0.25) is 12.2 Å². The minimum Gasteiger partial charge on any atom is -0.345 e. The first-order chi connectivity index (χ1) is 9.55. The third-order valence-corrected chi connectivity index (χ3v) is 6.25. The van der Waals surface area contributed by atoms with Crippen molar-refractivity contribution in [2.24, 2.45) is 0 Å². The summed E-state index contributed by atoms with van der Waals surface area (Å²) in [5, 5.41) is 4.10. The van der Waals surface area contributed by atoms with Crippen molar-refractivity contribution in [3.63, 3.8) is 0 Å². The lowest BCUT2D eigenvalue weighted by atomic mass is 10.0. The predicted molar refractivity (Wildman–Crippen MR) is 87.5 cm³/mol. The Bertz CT molecular complexity index is 833. The van der Waals surface area contributed by atoms with E-state index in [1.807, 2.05) is 0 Å². The maximum atomic E-state index is 2.63. The molecule has 0 saturated heterocycles. The first-order valence-electron chi connectivity index (χ1n) is 7.17. The second kappa shape index (κ2) is 3.82. The highest BCUT2D eigenvalue weighted by molar-refractivity contribution is 6.79. The van der Waals surface area contributed by atoms with Crippen LogP contribution in [0.5, 0.6) is 0 Å². The van der Waals surface area contributed by atoms with E-state index in [9.17, 15) is 0 Å². The van der Waals surface area contributed by atoms with Crippen molar-refractivity contribution < 1.29 is 4.57 Å². The number of anilines is 1. The molecular formula is C17H19N2Si+. The van der Waals surface area contributed by atoms with Crippen LogP contribution in [0.15, 0.2) is 48.7 Å². The summed E-state index contributed by atoms with van der Waals surface area (Å²) in [6.45, 7) is 8.23. The summed E-state index contributed by atoms with van der Waals surface area (Å²) < 4.78 is 5.03. The van der Waals surface area contributed by atoms with Gasteiger partial charge in [-0.2, -0.15) is 4.57 Å². The van der Waals surface area contributed by atoms with E-state index in [2.05, 4.69) is 77.4 Å². The first kappa shape index (κ1) is 11.9. The van der Waals surface area contributed by atoms with Gasteiger partial charge in [0, 0.05) is 17.1 Å². The Balaban J connectivity index is 2.21. The zero-order chi connectivity index (χ0) is 13.9. The number of nitrogens with zero attached hydrogens (tertiary/aromatic N) is 2. The molecule has 3 aromatic rings. The van der Waals surface area contributed by atoms with Gasteiger partial charge in [0.05, 0.1) is 5.39 Å². The number of hydrogen-bond donors (Lipinski definition) is 0. The van der Waals surface area contributed by atoms with E-state index < -0.39 is 8.24 Å². The molecule has 4 rings (SSSR count). The molecule has 20 heavy (non-hydrogen) atoms. The van der Waals surface area contributed by atoms with Crippen molar-refractivity contribution >= 4 is 35.6 Å². The van der Waals surface area contributed by atoms with Gasteiger partial charge in [0.1, 0.15) is 0 Å². The highest BCUT2D eigenvalue weighted by atomic mass is 28.3. The minimum atomic E-state index is -1.40. The van der Waals surface area contributed by atoms with Crippen LogP contribution in [0.2, 0.25) is 19.6 Å². The van der Waals surface area contributed by atoms with Gasteiger partial charge in [-0.1, -0.05) is 37.8 Å². The summed E-state index contributed by atoms with van der Waals surface area (Å²) in [5.41, 5.74) is 2.80. The van der Waals surface area contributed by atoms with Gasteiger partial charge in [-0.15, -0.1) is 0 Å². The lowest BCUT2D eigenvalue weighted by molar-refractivity contribution is -0.669. The monoisotopic (exact) mass is 279 g/mol. The van der Waals surface area contributed by atoms with Crippen LogP contribution in [0.3, 0.4) is 0 Å². The van der Waals surface area contributed by atoms with E-state index in [1.165, 1.54) is 27.4 Å². The van der Waals surface area contributed by atoms with Gasteiger partial charge in [0.15, 0.2) is 14.4 Å². The van der Waals surface area contributed by atoms with Gasteiger partial charge in [-0.25, -0.2) is 0 Å². The second-order valence-electron chi connectivity index (χ2n) is 6.60. The zero-order valence-corrected chi connectivity index (χ0v) is 13.2. The number of rotatable bonds is 1. The van der Waals surface area contributed by atoms with E-state index in [0.29, 0.717) is 0 Å². The van der Waals surface area contributed by atoms with E-state index in [0.717, 1.165) is 6.67 Å². The lowest BCUT2D eigenvalue weighted by Gasteiger charge is -2.36. The molecule has 2 heterocycles. The topological polar surface area (TPSA) is 7.12 Å². The summed E-state index contributed by atoms with van der Waals surface area (Å²) in [4.78, 5) is 0. The molecule has 2 aromatic carbocycles. The molecule has 0 saturated carbocycles. The smallest absolute Gasteiger partial charge is 0.224 e. The summed E-state index contributed by atoms with van der Waals surface area (Å²) in [6, 6.07) is 15.6. The lowest BCUT2D eigenvalue weighted by Crippen LogP contribution is -2.56. The second-order valence-corrected chi connectivity index (χ2v) is 11.5. The molecule has 0 amide bonds. The predicted octanol–water partition coefficient (Wildman–Crippen LogP) is 3.89. The molecule has 0 radical (unpaired) electrons. The van der Waals surface area contributed by atoms with E-state index in [1.54, 1.807) is 0 Å². The van der Waals surface area contributed by atoms with Crippen molar-refractivity contribution in [3.05, 3.63) is 48.7 Å². The van der Waals surface area contributed by atoms with Crippen LogP contribution >= 0.6 is 0 Å². The van der Waals surface area contributed by atoms with Gasteiger partial charge in [-0.05, 0) is 23.6 Å². The normalized spacial score (nSPS) is 14.4. The fourth-order valence-electron chi connectivity index (χ4n) is 3.27. The molecule has 0 spiro atoms. The molecule has 1 aliphatic heterocycles. The largest absolute Gasteiger partial charge is 0.345 e. The molecule has 1 aromatic heterocycles. The third kappa shape index (κ3) is 1.53. The minimum absolute atomic E-state index is 0.975. The standard InChI is InChI=1S/C17H19N2Si/c1-20(2,3)19-12-18-11-5-7-14-10-9-13-6-4-8-15(19)16(13)17(14)18/h4-11H,12H2,1-3H3/q+1. The fourth-order valence-corrected chi connectivity index (χ4v) is 4.76. The van der Waals surface area contributed by atoms with Crippen molar-refractivity contribution in [1.29, 1.82) is 0 Å². The number of hydrogen-bond acceptors (Lipinski definition) is 1. The fraction of sp³-hybridized carbons (Fsp3) is 0.235. The maximum Gasteiger partial charge on any atom is 0.224 e. The molecular weight excluding hydrogens is 260 g/mol. The summed E-state index contributed by atoms with van der Waals surface area (Å²) in [5.74, 6) is 0. The van der Waals surface area contributed by atoms with Crippen molar-refractivity contribution in [2.45, 2.75) is 26.3 Å². The average Bonchev–Trinajstić information content (AvgIpc) is 2.43. The van der Waals surface area contributed by atoms with Gasteiger partial charge in [0.25, 0.3) is 0 Å². The number of aromatic nitrogens is 1. The van der Waals surface area contributed by atoms with Crippen molar-refractivity contribution in [2.75, 3.05) is 4.57 Å². The molecule has 0 aliphatic carbocycles. The van der Waals surface area contributed by atoms with Crippen LogP contribution in [0.25, 0.3) is 21.7 Å². The van der Waals surface area contributed by atoms with Gasteiger partial charge < -0.3 is 4.57 Å². The molecule has 3 heteroatoms. The van der Waals surface area contributed by atoms with Crippen LogP contribution in [-0.4, -0.2) is 8.24 Å². The third-order valence-electron chi connectivity index (χ3n) is 4.25. The molecule has 0 unspecified atom stereocenters. The summed E-state index contributed by atoms with van der Waals surface area (Å²) >= 11 is 0. The maximum absolute atomic E-state index is 2.63. The van der Waals surface area contributed by atoms with Gasteiger partial charge in [-0.3, -0.25) is 0 Å². The molecule has 2 nitrogen and oxygen atoms in total. The Morgan fingerprint density at radius 1 is 0.950 bits per heavy atom. The Hall–Kier alpha value is -1.87. The quantitative estimate of drug-likeness (QED) is 0.372. The molecule has 0 atom stereocenters. The van der Waals surface area contributed by atoms with E-state index in [4.69, 9.17) is 0 Å². The van der Waals surface area contributed by atoms with Crippen LogP contribution in [0.1, 0.15) is 0 Å². The molecule has 0 fully saturated rings. The SMILES string of the molecule is C[Si](C)(C)N1C[n+]2cccc3ccc4cccc1c4c32. The summed E-state index contributed by atoms with van der Waals surface area (Å²) in [7, 11) is -1.40.